The molecule has 2 rings (SSSR count). The standard InChI is InChI=1S/C17H27N3O2/c1-5-13(18)12-7-8-16-14(11-12)20(10-9-19(3)4)17(21)15(6-2)22-16/h7-8,11,13,15H,5-6,9-10,18H2,1-4H3. The molecule has 1 amide bonds. The van der Waals surface area contributed by atoms with Crippen molar-refractivity contribution in [1.82, 2.24) is 4.90 Å². The van der Waals surface area contributed by atoms with Gasteiger partial charge in [0.05, 0.1) is 5.69 Å². The Balaban J connectivity index is 2.37. The summed E-state index contributed by atoms with van der Waals surface area (Å²) >= 11 is 0. The maximum atomic E-state index is 12.6. The van der Waals surface area contributed by atoms with Gasteiger partial charge in [0.1, 0.15) is 5.75 Å². The summed E-state index contributed by atoms with van der Waals surface area (Å²) in [5, 5.41) is 0. The number of nitrogens with two attached hydrogens (primary N) is 1. The Labute approximate surface area is 133 Å². The van der Waals surface area contributed by atoms with Gasteiger partial charge in [-0.1, -0.05) is 19.9 Å². The predicted octanol–water partition coefficient (Wildman–Crippen LogP) is 2.16. The normalized spacial score (nSPS) is 19.1. The average molecular weight is 305 g/mol. The number of fused-ring (bicyclic) bond motifs is 1. The van der Waals surface area contributed by atoms with Gasteiger partial charge < -0.3 is 20.3 Å². The number of hydrogen-bond donors (Lipinski definition) is 1. The molecule has 2 N–H and O–H groups in total. The number of carbonyl (C=O) groups excluding carboxylic acids is 1. The van der Waals surface area contributed by atoms with Crippen LogP contribution < -0.4 is 15.4 Å². The van der Waals surface area contributed by atoms with E-state index in [4.69, 9.17) is 10.5 Å². The van der Waals surface area contributed by atoms with Crippen molar-refractivity contribution in [1.29, 1.82) is 0 Å². The molecule has 0 spiro atoms. The Morgan fingerprint density at radius 2 is 2.09 bits per heavy atom. The molecule has 0 bridgehead atoms. The van der Waals surface area contributed by atoms with E-state index in [-0.39, 0.29) is 18.1 Å². The van der Waals surface area contributed by atoms with Gasteiger partial charge in [0, 0.05) is 19.1 Å². The van der Waals surface area contributed by atoms with Crippen LogP contribution in [0, 0.1) is 0 Å². The van der Waals surface area contributed by atoms with Crippen LogP contribution in [0.2, 0.25) is 0 Å². The molecule has 5 nitrogen and oxygen atoms in total. The number of likely N-dealkylation sites (N-methyl/N-ethyl adjacent to an activating group) is 1. The van der Waals surface area contributed by atoms with Gasteiger partial charge in [0.2, 0.25) is 0 Å². The Kier molecular flexibility index (Phi) is 5.42. The number of carbonyl (C=O) groups is 1. The maximum absolute atomic E-state index is 12.6. The van der Waals surface area contributed by atoms with Crippen molar-refractivity contribution in [3.05, 3.63) is 23.8 Å². The van der Waals surface area contributed by atoms with Crippen molar-refractivity contribution in [2.75, 3.05) is 32.1 Å². The maximum Gasteiger partial charge on any atom is 0.268 e. The third-order valence-corrected chi connectivity index (χ3v) is 4.09. The summed E-state index contributed by atoms with van der Waals surface area (Å²) in [6, 6.07) is 5.93. The lowest BCUT2D eigenvalue weighted by atomic mass is 10.0. The zero-order chi connectivity index (χ0) is 16.3. The quantitative estimate of drug-likeness (QED) is 0.875. The molecule has 2 unspecified atom stereocenters. The Hall–Kier alpha value is -1.59. The van der Waals surface area contributed by atoms with Crippen molar-refractivity contribution in [2.24, 2.45) is 5.73 Å². The van der Waals surface area contributed by atoms with Crippen LogP contribution in [0.5, 0.6) is 5.75 Å². The number of rotatable bonds is 6. The summed E-state index contributed by atoms with van der Waals surface area (Å²) in [5.74, 6) is 0.816. The molecule has 2 atom stereocenters. The van der Waals surface area contributed by atoms with Crippen LogP contribution in [0.15, 0.2) is 18.2 Å². The SMILES string of the molecule is CCC1Oc2ccc(C(N)CC)cc2N(CCN(C)C)C1=O. The summed E-state index contributed by atoms with van der Waals surface area (Å²) in [7, 11) is 4.01. The Morgan fingerprint density at radius 3 is 2.68 bits per heavy atom. The number of amides is 1. The van der Waals surface area contributed by atoms with Gasteiger partial charge in [-0.25, -0.2) is 0 Å². The van der Waals surface area contributed by atoms with Crippen LogP contribution in [0.1, 0.15) is 38.3 Å². The molecular formula is C17H27N3O2. The highest BCUT2D eigenvalue weighted by molar-refractivity contribution is 6.00. The molecule has 1 aliphatic heterocycles. The van der Waals surface area contributed by atoms with Crippen molar-refractivity contribution < 1.29 is 9.53 Å². The van der Waals surface area contributed by atoms with E-state index in [1.54, 1.807) is 0 Å². The summed E-state index contributed by atoms with van der Waals surface area (Å²) in [5.41, 5.74) is 8.02. The average Bonchev–Trinajstić information content (AvgIpc) is 2.52. The number of hydrogen-bond acceptors (Lipinski definition) is 4. The van der Waals surface area contributed by atoms with Gasteiger partial charge in [-0.2, -0.15) is 0 Å². The highest BCUT2D eigenvalue weighted by Crippen LogP contribution is 2.36. The monoisotopic (exact) mass is 305 g/mol. The lowest BCUT2D eigenvalue weighted by molar-refractivity contribution is -0.126. The minimum absolute atomic E-state index is 0.0139. The molecule has 122 valence electrons. The van der Waals surface area contributed by atoms with Gasteiger partial charge in [-0.3, -0.25) is 4.79 Å². The third kappa shape index (κ3) is 3.42. The molecular weight excluding hydrogens is 278 g/mol. The van der Waals surface area contributed by atoms with Crippen LogP contribution in [0.25, 0.3) is 0 Å². The van der Waals surface area contributed by atoms with Crippen LogP contribution >= 0.6 is 0 Å². The van der Waals surface area contributed by atoms with E-state index in [0.29, 0.717) is 13.0 Å². The summed E-state index contributed by atoms with van der Waals surface area (Å²) in [6.45, 7) is 5.50. The second-order valence-corrected chi connectivity index (χ2v) is 6.05. The van der Waals surface area contributed by atoms with E-state index < -0.39 is 0 Å². The van der Waals surface area contributed by atoms with Gasteiger partial charge in [-0.05, 0) is 44.6 Å². The smallest absolute Gasteiger partial charge is 0.268 e. The minimum Gasteiger partial charge on any atom is -0.478 e. The molecule has 22 heavy (non-hydrogen) atoms. The zero-order valence-corrected chi connectivity index (χ0v) is 14.0. The fraction of sp³-hybridized carbons (Fsp3) is 0.588. The van der Waals surface area contributed by atoms with Crippen molar-refractivity contribution in [3.63, 3.8) is 0 Å². The van der Waals surface area contributed by atoms with Gasteiger partial charge in [0.25, 0.3) is 5.91 Å². The first-order chi connectivity index (χ1) is 10.5. The van der Waals surface area contributed by atoms with Crippen LogP contribution in [-0.2, 0) is 4.79 Å². The number of nitrogens with zero attached hydrogens (tertiary/aromatic N) is 2. The molecule has 0 saturated heterocycles. The fourth-order valence-electron chi connectivity index (χ4n) is 2.60. The molecule has 0 aromatic heterocycles. The van der Waals surface area contributed by atoms with Gasteiger partial charge in [0.15, 0.2) is 6.10 Å². The Morgan fingerprint density at radius 1 is 1.36 bits per heavy atom. The molecule has 1 aliphatic rings. The number of anilines is 1. The van der Waals surface area contributed by atoms with E-state index >= 15 is 0 Å². The summed E-state index contributed by atoms with van der Waals surface area (Å²) < 4.78 is 5.85. The minimum atomic E-state index is -0.389. The molecule has 0 fully saturated rings. The van der Waals surface area contributed by atoms with E-state index in [0.717, 1.165) is 30.0 Å². The fourth-order valence-corrected chi connectivity index (χ4v) is 2.60. The van der Waals surface area contributed by atoms with Crippen LogP contribution in [0.4, 0.5) is 5.69 Å². The summed E-state index contributed by atoms with van der Waals surface area (Å²) in [6.07, 6.45) is 1.15. The molecule has 0 aliphatic carbocycles. The van der Waals surface area contributed by atoms with Crippen LogP contribution in [-0.4, -0.2) is 44.1 Å². The lowest BCUT2D eigenvalue weighted by Crippen LogP contribution is -2.47. The lowest BCUT2D eigenvalue weighted by Gasteiger charge is -2.35. The Bertz CT molecular complexity index is 531. The second-order valence-electron chi connectivity index (χ2n) is 6.05. The topological polar surface area (TPSA) is 58.8 Å². The van der Waals surface area contributed by atoms with Crippen molar-refractivity contribution in [2.45, 2.75) is 38.8 Å². The largest absolute Gasteiger partial charge is 0.478 e. The molecule has 1 heterocycles. The first-order valence-electron chi connectivity index (χ1n) is 8.00. The highest BCUT2D eigenvalue weighted by Gasteiger charge is 2.33. The van der Waals surface area contributed by atoms with E-state index in [1.165, 1.54) is 0 Å². The predicted molar refractivity (Wildman–Crippen MR) is 89.3 cm³/mol. The molecule has 5 heteroatoms. The van der Waals surface area contributed by atoms with Gasteiger partial charge in [-0.15, -0.1) is 0 Å². The second kappa shape index (κ2) is 7.11. The van der Waals surface area contributed by atoms with E-state index in [9.17, 15) is 4.79 Å². The van der Waals surface area contributed by atoms with Gasteiger partial charge >= 0.3 is 0 Å². The first-order valence-corrected chi connectivity index (χ1v) is 8.00. The molecule has 0 radical (unpaired) electrons. The zero-order valence-electron chi connectivity index (χ0n) is 14.0. The highest BCUT2D eigenvalue weighted by atomic mass is 16.5. The van der Waals surface area contributed by atoms with Crippen LogP contribution in [0.3, 0.4) is 0 Å². The summed E-state index contributed by atoms with van der Waals surface area (Å²) in [4.78, 5) is 16.6. The van der Waals surface area contributed by atoms with Crippen molar-refractivity contribution in [3.8, 4) is 5.75 Å². The first kappa shape index (κ1) is 16.8. The molecule has 1 aromatic rings. The number of ether oxygens (including phenoxy) is 1. The third-order valence-electron chi connectivity index (χ3n) is 4.09. The molecule has 0 saturated carbocycles. The molecule has 1 aromatic carbocycles. The van der Waals surface area contributed by atoms with E-state index in [2.05, 4.69) is 11.8 Å². The van der Waals surface area contributed by atoms with E-state index in [1.807, 2.05) is 44.1 Å². The number of benzene rings is 1. The van der Waals surface area contributed by atoms with Crippen molar-refractivity contribution >= 4 is 11.6 Å².